The van der Waals surface area contributed by atoms with Gasteiger partial charge in [-0.25, -0.2) is 4.79 Å². The average Bonchev–Trinajstić information content (AvgIpc) is 3.03. The molecule has 168 valence electrons. The fraction of sp³-hybridized carbons (Fsp3) is 0.500. The van der Waals surface area contributed by atoms with Crippen molar-refractivity contribution in [1.29, 1.82) is 0 Å². The zero-order valence-electron chi connectivity index (χ0n) is 19.0. The van der Waals surface area contributed by atoms with E-state index in [0.29, 0.717) is 29.1 Å². The van der Waals surface area contributed by atoms with Gasteiger partial charge >= 0.3 is 5.97 Å². The lowest BCUT2D eigenvalue weighted by Crippen LogP contribution is -2.48. The van der Waals surface area contributed by atoms with Crippen molar-refractivity contribution in [3.05, 3.63) is 58.4 Å². The van der Waals surface area contributed by atoms with Crippen LogP contribution in [0.3, 0.4) is 0 Å². The Morgan fingerprint density at radius 2 is 1.71 bits per heavy atom. The first-order valence-corrected chi connectivity index (χ1v) is 11.0. The summed E-state index contributed by atoms with van der Waals surface area (Å²) in [5.74, 6) is -0.583. The monoisotopic (exact) mass is 426 g/mol. The van der Waals surface area contributed by atoms with Gasteiger partial charge in [-0.15, -0.1) is 0 Å². The van der Waals surface area contributed by atoms with Gasteiger partial charge in [0.25, 0.3) is 5.91 Å². The maximum Gasteiger partial charge on any atom is 0.340 e. The number of benzene rings is 1. The molecule has 1 saturated heterocycles. The Hall–Kier alpha value is -2.64. The Bertz CT molecular complexity index is 884. The minimum Gasteiger partial charge on any atom is -0.459 e. The molecule has 1 aromatic heterocycles. The minimum absolute atomic E-state index is 0.188. The molecule has 31 heavy (non-hydrogen) atoms. The summed E-state index contributed by atoms with van der Waals surface area (Å²) < 4.78 is 5.30. The van der Waals surface area contributed by atoms with E-state index in [1.807, 2.05) is 19.9 Å². The molecule has 1 aromatic carbocycles. The van der Waals surface area contributed by atoms with Crippen LogP contribution < -0.4 is 5.32 Å². The van der Waals surface area contributed by atoms with Crippen LogP contribution in [-0.2, 0) is 11.3 Å². The van der Waals surface area contributed by atoms with E-state index in [0.717, 1.165) is 39.3 Å². The van der Waals surface area contributed by atoms with E-state index < -0.39 is 5.97 Å². The van der Waals surface area contributed by atoms with Crippen LogP contribution in [0.15, 0.2) is 30.3 Å². The number of hydrogen-bond donors (Lipinski definition) is 2. The van der Waals surface area contributed by atoms with Gasteiger partial charge in [-0.05, 0) is 38.8 Å². The lowest BCUT2D eigenvalue weighted by atomic mass is 10.1. The molecule has 0 bridgehead atoms. The Morgan fingerprint density at radius 3 is 2.35 bits per heavy atom. The quantitative estimate of drug-likeness (QED) is 0.635. The van der Waals surface area contributed by atoms with Gasteiger partial charge in [-0.2, -0.15) is 0 Å². The van der Waals surface area contributed by atoms with E-state index >= 15 is 0 Å². The number of rotatable bonds is 8. The number of H-pyrrole nitrogens is 1. The van der Waals surface area contributed by atoms with Gasteiger partial charge in [0.1, 0.15) is 5.69 Å². The summed E-state index contributed by atoms with van der Waals surface area (Å²) in [4.78, 5) is 32.9. The molecule has 0 saturated carbocycles. The number of piperazine rings is 1. The number of ether oxygens (including phenoxy) is 1. The summed E-state index contributed by atoms with van der Waals surface area (Å²) in [5.41, 5.74) is 3.52. The second-order valence-electron chi connectivity index (χ2n) is 8.44. The first-order valence-electron chi connectivity index (χ1n) is 11.0. The van der Waals surface area contributed by atoms with Gasteiger partial charge < -0.3 is 15.0 Å². The first kappa shape index (κ1) is 23.0. The topological polar surface area (TPSA) is 77.7 Å². The SMILES string of the molecule is Cc1[nH]c(C(=O)NCCN2CCN(Cc3ccccc3)CC2)c(C)c1C(=O)OC(C)C. The molecule has 2 heterocycles. The third-order valence-corrected chi connectivity index (χ3v) is 5.64. The fourth-order valence-corrected chi connectivity index (χ4v) is 3.98. The molecule has 1 amide bonds. The number of aromatic nitrogens is 1. The van der Waals surface area contributed by atoms with Crippen molar-refractivity contribution < 1.29 is 14.3 Å². The largest absolute Gasteiger partial charge is 0.459 e. The number of carbonyl (C=O) groups excluding carboxylic acids is 2. The van der Waals surface area contributed by atoms with Crippen molar-refractivity contribution in [2.24, 2.45) is 0 Å². The Morgan fingerprint density at radius 1 is 1.06 bits per heavy atom. The Balaban J connectivity index is 1.44. The third kappa shape index (κ3) is 6.18. The van der Waals surface area contributed by atoms with Gasteiger partial charge in [-0.3, -0.25) is 14.6 Å². The molecule has 1 aliphatic heterocycles. The molecule has 0 radical (unpaired) electrons. The predicted octanol–water partition coefficient (Wildman–Crippen LogP) is 2.74. The molecule has 2 aromatic rings. The lowest BCUT2D eigenvalue weighted by molar-refractivity contribution is 0.0376. The first-order chi connectivity index (χ1) is 14.8. The molecule has 2 N–H and O–H groups in total. The second-order valence-corrected chi connectivity index (χ2v) is 8.44. The van der Waals surface area contributed by atoms with Gasteiger partial charge in [0, 0.05) is 51.5 Å². The lowest BCUT2D eigenvalue weighted by Gasteiger charge is -2.34. The molecule has 0 spiro atoms. The third-order valence-electron chi connectivity index (χ3n) is 5.64. The minimum atomic E-state index is -0.395. The highest BCUT2D eigenvalue weighted by Crippen LogP contribution is 2.19. The summed E-state index contributed by atoms with van der Waals surface area (Å²) in [6.07, 6.45) is -0.202. The second kappa shape index (κ2) is 10.6. The summed E-state index contributed by atoms with van der Waals surface area (Å²) in [7, 11) is 0. The Labute approximate surface area is 184 Å². The number of aromatic amines is 1. The number of carbonyl (C=O) groups is 2. The molecular weight excluding hydrogens is 392 g/mol. The Kier molecular flexibility index (Phi) is 7.87. The van der Waals surface area contributed by atoms with Gasteiger partial charge in [0.15, 0.2) is 0 Å². The molecule has 1 aliphatic rings. The van der Waals surface area contributed by atoms with Crippen LogP contribution >= 0.6 is 0 Å². The molecule has 3 rings (SSSR count). The number of hydrogen-bond acceptors (Lipinski definition) is 5. The van der Waals surface area contributed by atoms with E-state index in [1.54, 1.807) is 13.8 Å². The van der Waals surface area contributed by atoms with Crippen molar-refractivity contribution in [2.75, 3.05) is 39.3 Å². The zero-order valence-corrected chi connectivity index (χ0v) is 19.0. The number of aryl methyl sites for hydroxylation is 1. The van der Waals surface area contributed by atoms with E-state index in [2.05, 4.69) is 44.4 Å². The molecule has 7 nitrogen and oxygen atoms in total. The van der Waals surface area contributed by atoms with Crippen LogP contribution in [0.2, 0.25) is 0 Å². The van der Waals surface area contributed by atoms with E-state index in [-0.39, 0.29) is 12.0 Å². The molecule has 0 unspecified atom stereocenters. The standard InChI is InChI=1S/C24H34N4O3/c1-17(2)31-24(30)21-18(3)22(26-19(21)4)23(29)25-10-11-27-12-14-28(15-13-27)16-20-8-6-5-7-9-20/h5-9,17,26H,10-16H2,1-4H3,(H,25,29). The molecule has 7 heteroatoms. The van der Waals surface area contributed by atoms with E-state index in [9.17, 15) is 9.59 Å². The molecule has 0 aliphatic carbocycles. The van der Waals surface area contributed by atoms with Crippen molar-refractivity contribution in [1.82, 2.24) is 20.1 Å². The highest BCUT2D eigenvalue weighted by Gasteiger charge is 2.24. The fourth-order valence-electron chi connectivity index (χ4n) is 3.98. The van der Waals surface area contributed by atoms with Crippen LogP contribution in [0.4, 0.5) is 0 Å². The number of nitrogens with zero attached hydrogens (tertiary/aromatic N) is 2. The van der Waals surface area contributed by atoms with Crippen molar-refractivity contribution >= 4 is 11.9 Å². The van der Waals surface area contributed by atoms with Gasteiger partial charge in [0.2, 0.25) is 0 Å². The summed E-state index contributed by atoms with van der Waals surface area (Å²) >= 11 is 0. The summed E-state index contributed by atoms with van der Waals surface area (Å²) in [5, 5.41) is 2.98. The predicted molar refractivity (Wildman–Crippen MR) is 121 cm³/mol. The number of esters is 1. The van der Waals surface area contributed by atoms with Crippen LogP contribution in [0.5, 0.6) is 0 Å². The molecule has 0 atom stereocenters. The number of amides is 1. The highest BCUT2D eigenvalue weighted by atomic mass is 16.5. The van der Waals surface area contributed by atoms with Crippen LogP contribution in [0.1, 0.15) is 51.5 Å². The maximum atomic E-state index is 12.7. The van der Waals surface area contributed by atoms with Crippen molar-refractivity contribution in [3.8, 4) is 0 Å². The van der Waals surface area contributed by atoms with Crippen LogP contribution in [0.25, 0.3) is 0 Å². The highest BCUT2D eigenvalue weighted by molar-refractivity contribution is 6.00. The van der Waals surface area contributed by atoms with Crippen LogP contribution in [-0.4, -0.2) is 72.0 Å². The normalized spacial score (nSPS) is 15.3. The summed E-state index contributed by atoms with van der Waals surface area (Å²) in [6, 6.07) is 10.5. The van der Waals surface area contributed by atoms with Crippen molar-refractivity contribution in [2.45, 2.75) is 40.3 Å². The van der Waals surface area contributed by atoms with Crippen LogP contribution in [0, 0.1) is 13.8 Å². The average molecular weight is 427 g/mol. The maximum absolute atomic E-state index is 12.7. The van der Waals surface area contributed by atoms with Crippen molar-refractivity contribution in [3.63, 3.8) is 0 Å². The summed E-state index contributed by atoms with van der Waals surface area (Å²) in [6.45, 7) is 13.6. The number of nitrogens with one attached hydrogen (secondary N) is 2. The van der Waals surface area contributed by atoms with E-state index in [1.165, 1.54) is 5.56 Å². The zero-order chi connectivity index (χ0) is 22.4. The smallest absolute Gasteiger partial charge is 0.340 e. The molecular formula is C24H34N4O3. The van der Waals surface area contributed by atoms with Gasteiger partial charge in [0.05, 0.1) is 11.7 Å². The van der Waals surface area contributed by atoms with E-state index in [4.69, 9.17) is 4.74 Å². The molecule has 1 fully saturated rings. The van der Waals surface area contributed by atoms with Gasteiger partial charge in [-0.1, -0.05) is 30.3 Å².